The fraction of sp³-hybridized carbons (Fsp3) is 0.643. The molecule has 0 amide bonds. The molecule has 0 saturated heterocycles. The lowest BCUT2D eigenvalue weighted by Gasteiger charge is -2.29. The van der Waals surface area contributed by atoms with E-state index in [1.54, 1.807) is 10.9 Å². The van der Waals surface area contributed by atoms with E-state index in [0.29, 0.717) is 17.7 Å². The molecule has 2 aromatic heterocycles. The fourth-order valence-electron chi connectivity index (χ4n) is 2.51. The zero-order chi connectivity index (χ0) is 15.6. The van der Waals surface area contributed by atoms with Crippen molar-refractivity contribution in [1.82, 2.24) is 29.5 Å². The van der Waals surface area contributed by atoms with Crippen LogP contribution in [0.4, 0.5) is 0 Å². The molecule has 21 heavy (non-hydrogen) atoms. The van der Waals surface area contributed by atoms with E-state index >= 15 is 0 Å². The van der Waals surface area contributed by atoms with E-state index in [-0.39, 0.29) is 0 Å². The molecule has 0 aliphatic rings. The maximum absolute atomic E-state index is 6.23. The third-order valence-electron chi connectivity index (χ3n) is 3.60. The SMILES string of the molecule is CCN(Cc1nc(Cl)c2cnn(C)c2n1)C(C)CN(C)C. The Labute approximate surface area is 130 Å². The van der Waals surface area contributed by atoms with Crippen LogP contribution in [0.15, 0.2) is 6.20 Å². The second-order valence-corrected chi connectivity index (χ2v) is 5.97. The average Bonchev–Trinajstić information content (AvgIpc) is 2.77. The van der Waals surface area contributed by atoms with Gasteiger partial charge in [0.1, 0.15) is 11.0 Å². The number of nitrogens with zero attached hydrogens (tertiary/aromatic N) is 6. The molecule has 2 aromatic rings. The quantitative estimate of drug-likeness (QED) is 0.761. The van der Waals surface area contributed by atoms with Crippen LogP contribution in [0.1, 0.15) is 19.7 Å². The summed E-state index contributed by atoms with van der Waals surface area (Å²) in [6, 6.07) is 0.426. The van der Waals surface area contributed by atoms with E-state index in [2.05, 4.69) is 52.8 Å². The molecule has 0 spiro atoms. The molecular formula is C14H23ClN6. The van der Waals surface area contributed by atoms with E-state index in [0.717, 1.165) is 29.9 Å². The molecule has 1 atom stereocenters. The van der Waals surface area contributed by atoms with Crippen LogP contribution in [0.5, 0.6) is 0 Å². The first-order valence-electron chi connectivity index (χ1n) is 7.15. The van der Waals surface area contributed by atoms with Gasteiger partial charge in [0.2, 0.25) is 0 Å². The molecule has 116 valence electrons. The summed E-state index contributed by atoms with van der Waals surface area (Å²) in [5.41, 5.74) is 0.779. The van der Waals surface area contributed by atoms with Crippen molar-refractivity contribution in [3.05, 3.63) is 17.2 Å². The standard InChI is InChI=1S/C14H23ClN6/c1-6-21(10(2)8-19(3)4)9-12-17-13(15)11-7-16-20(5)14(11)18-12/h7,10H,6,8-9H2,1-5H3. The van der Waals surface area contributed by atoms with Crippen molar-refractivity contribution in [3.63, 3.8) is 0 Å². The lowest BCUT2D eigenvalue weighted by atomic mass is 10.2. The summed E-state index contributed by atoms with van der Waals surface area (Å²) in [6.07, 6.45) is 1.70. The topological polar surface area (TPSA) is 50.1 Å². The number of hydrogen-bond donors (Lipinski definition) is 0. The van der Waals surface area contributed by atoms with Gasteiger partial charge >= 0.3 is 0 Å². The van der Waals surface area contributed by atoms with Gasteiger partial charge in [0.05, 0.1) is 18.1 Å². The monoisotopic (exact) mass is 310 g/mol. The molecule has 0 radical (unpaired) electrons. The molecule has 0 aliphatic heterocycles. The van der Waals surface area contributed by atoms with Crippen LogP contribution in [-0.2, 0) is 13.6 Å². The highest BCUT2D eigenvalue weighted by Crippen LogP contribution is 2.20. The predicted octanol–water partition coefficient (Wildman–Crippen LogP) is 1.79. The lowest BCUT2D eigenvalue weighted by molar-refractivity contribution is 0.170. The van der Waals surface area contributed by atoms with E-state index in [9.17, 15) is 0 Å². The van der Waals surface area contributed by atoms with Gasteiger partial charge in [-0.2, -0.15) is 5.10 Å². The summed E-state index contributed by atoms with van der Waals surface area (Å²) in [7, 11) is 6.03. The third-order valence-corrected chi connectivity index (χ3v) is 3.88. The van der Waals surface area contributed by atoms with Crippen molar-refractivity contribution in [2.24, 2.45) is 7.05 Å². The summed E-state index contributed by atoms with van der Waals surface area (Å²) >= 11 is 6.23. The van der Waals surface area contributed by atoms with Gasteiger partial charge in [-0.3, -0.25) is 9.58 Å². The largest absolute Gasteiger partial charge is 0.308 e. The Hall–Kier alpha value is -1.24. The number of fused-ring (bicyclic) bond motifs is 1. The Morgan fingerprint density at radius 3 is 2.67 bits per heavy atom. The number of aryl methyl sites for hydroxylation is 1. The fourth-order valence-corrected chi connectivity index (χ4v) is 2.74. The first-order valence-corrected chi connectivity index (χ1v) is 7.53. The van der Waals surface area contributed by atoms with Gasteiger partial charge in [0, 0.05) is 19.6 Å². The Bertz CT molecular complexity index is 609. The molecule has 0 aromatic carbocycles. The highest BCUT2D eigenvalue weighted by molar-refractivity contribution is 6.33. The Morgan fingerprint density at radius 1 is 1.33 bits per heavy atom. The molecule has 0 aliphatic carbocycles. The second kappa shape index (κ2) is 6.68. The van der Waals surface area contributed by atoms with Gasteiger partial charge in [0.15, 0.2) is 5.65 Å². The second-order valence-electron chi connectivity index (χ2n) is 5.61. The molecule has 1 unspecified atom stereocenters. The van der Waals surface area contributed by atoms with Gasteiger partial charge < -0.3 is 4.90 Å². The summed E-state index contributed by atoms with van der Waals surface area (Å²) in [4.78, 5) is 13.5. The maximum atomic E-state index is 6.23. The van der Waals surface area contributed by atoms with Crippen LogP contribution < -0.4 is 0 Å². The van der Waals surface area contributed by atoms with E-state index in [4.69, 9.17) is 11.6 Å². The molecule has 0 saturated carbocycles. The van der Waals surface area contributed by atoms with Crippen molar-refractivity contribution < 1.29 is 0 Å². The smallest absolute Gasteiger partial charge is 0.162 e. The predicted molar refractivity (Wildman–Crippen MR) is 85.4 cm³/mol. The molecule has 2 heterocycles. The lowest BCUT2D eigenvalue weighted by Crippen LogP contribution is -2.39. The molecule has 2 rings (SSSR count). The van der Waals surface area contributed by atoms with Crippen LogP contribution in [0.3, 0.4) is 0 Å². The zero-order valence-electron chi connectivity index (χ0n) is 13.3. The Kier molecular flexibility index (Phi) is 5.13. The first kappa shape index (κ1) is 16.1. The number of halogens is 1. The highest BCUT2D eigenvalue weighted by Gasteiger charge is 2.16. The van der Waals surface area contributed by atoms with E-state index < -0.39 is 0 Å². The summed E-state index contributed by atoms with van der Waals surface area (Å²) in [5.74, 6) is 0.739. The third kappa shape index (κ3) is 3.70. The molecule has 0 bridgehead atoms. The first-order chi connectivity index (χ1) is 9.92. The number of aromatic nitrogens is 4. The minimum Gasteiger partial charge on any atom is -0.308 e. The van der Waals surface area contributed by atoms with Crippen molar-refractivity contribution in [2.45, 2.75) is 26.4 Å². The Balaban J connectivity index is 2.23. The number of hydrogen-bond acceptors (Lipinski definition) is 5. The number of likely N-dealkylation sites (N-methyl/N-ethyl adjacent to an activating group) is 2. The molecule has 6 nitrogen and oxygen atoms in total. The average molecular weight is 311 g/mol. The van der Waals surface area contributed by atoms with Crippen molar-refractivity contribution >= 4 is 22.6 Å². The molecule has 0 fully saturated rings. The van der Waals surface area contributed by atoms with Crippen LogP contribution in [0, 0.1) is 0 Å². The van der Waals surface area contributed by atoms with Crippen molar-refractivity contribution in [1.29, 1.82) is 0 Å². The molecule has 0 N–H and O–H groups in total. The van der Waals surface area contributed by atoms with Gasteiger partial charge in [-0.25, -0.2) is 9.97 Å². The van der Waals surface area contributed by atoms with Crippen LogP contribution in [-0.4, -0.2) is 62.8 Å². The van der Waals surface area contributed by atoms with Crippen molar-refractivity contribution in [2.75, 3.05) is 27.2 Å². The minimum absolute atomic E-state index is 0.426. The van der Waals surface area contributed by atoms with Crippen LogP contribution in [0.25, 0.3) is 11.0 Å². The van der Waals surface area contributed by atoms with Gasteiger partial charge in [0.25, 0.3) is 0 Å². The maximum Gasteiger partial charge on any atom is 0.162 e. The molecular weight excluding hydrogens is 288 g/mol. The van der Waals surface area contributed by atoms with E-state index in [1.807, 2.05) is 7.05 Å². The summed E-state index contributed by atoms with van der Waals surface area (Å²) < 4.78 is 1.73. The van der Waals surface area contributed by atoms with E-state index in [1.165, 1.54) is 0 Å². The minimum atomic E-state index is 0.426. The highest BCUT2D eigenvalue weighted by atomic mass is 35.5. The molecule has 7 heteroatoms. The summed E-state index contributed by atoms with van der Waals surface area (Å²) in [6.45, 7) is 6.99. The zero-order valence-corrected chi connectivity index (χ0v) is 14.1. The van der Waals surface area contributed by atoms with Crippen molar-refractivity contribution in [3.8, 4) is 0 Å². The number of rotatable bonds is 6. The van der Waals surface area contributed by atoms with Gasteiger partial charge in [-0.1, -0.05) is 18.5 Å². The van der Waals surface area contributed by atoms with Crippen LogP contribution >= 0.6 is 11.6 Å². The van der Waals surface area contributed by atoms with Gasteiger partial charge in [-0.15, -0.1) is 0 Å². The normalized spacial score (nSPS) is 13.5. The van der Waals surface area contributed by atoms with Crippen LogP contribution in [0.2, 0.25) is 5.15 Å². The Morgan fingerprint density at radius 2 is 2.05 bits per heavy atom. The van der Waals surface area contributed by atoms with Gasteiger partial charge in [-0.05, 0) is 27.6 Å². The summed E-state index contributed by atoms with van der Waals surface area (Å²) in [5, 5.41) is 5.45.